The third-order valence-electron chi connectivity index (χ3n) is 6.09. The summed E-state index contributed by atoms with van der Waals surface area (Å²) in [5.41, 5.74) is 3.80. The number of carbonyl (C=O) groups is 1. The van der Waals surface area contributed by atoms with Crippen molar-refractivity contribution >= 4 is 16.8 Å². The zero-order chi connectivity index (χ0) is 23.9. The summed E-state index contributed by atoms with van der Waals surface area (Å²) in [6.07, 6.45) is 5.24. The van der Waals surface area contributed by atoms with E-state index in [9.17, 15) is 4.79 Å². The van der Waals surface area contributed by atoms with Crippen LogP contribution in [-0.2, 0) is 19.5 Å². The molecule has 0 unspecified atom stereocenters. The van der Waals surface area contributed by atoms with Crippen molar-refractivity contribution in [2.75, 3.05) is 13.7 Å². The Morgan fingerprint density at radius 3 is 2.76 bits per heavy atom. The molecular formula is C27H32N4O3. The molecule has 0 fully saturated rings. The highest BCUT2D eigenvalue weighted by Crippen LogP contribution is 2.22. The van der Waals surface area contributed by atoms with Crippen molar-refractivity contribution in [3.8, 4) is 5.75 Å². The number of nitrogens with zero attached hydrogens (tertiary/aromatic N) is 2. The molecule has 0 saturated carbocycles. The second-order valence-electron chi connectivity index (χ2n) is 8.54. The zero-order valence-corrected chi connectivity index (χ0v) is 20.0. The Hall–Kier alpha value is -3.58. The van der Waals surface area contributed by atoms with E-state index in [-0.39, 0.29) is 11.9 Å². The molecule has 0 radical (unpaired) electrons. The van der Waals surface area contributed by atoms with E-state index in [4.69, 9.17) is 9.15 Å². The quantitative estimate of drug-likeness (QED) is 0.331. The lowest BCUT2D eigenvalue weighted by atomic mass is 10.1. The molecule has 0 aliphatic heterocycles. The summed E-state index contributed by atoms with van der Waals surface area (Å²) >= 11 is 0. The van der Waals surface area contributed by atoms with E-state index >= 15 is 0 Å². The lowest BCUT2D eigenvalue weighted by Gasteiger charge is -2.22. The predicted molar refractivity (Wildman–Crippen MR) is 133 cm³/mol. The number of hydrogen-bond donors (Lipinski definition) is 2. The molecule has 2 aromatic heterocycles. The Morgan fingerprint density at radius 2 is 1.94 bits per heavy atom. The number of para-hydroxylation sites is 2. The van der Waals surface area contributed by atoms with Crippen LogP contribution in [0.15, 0.2) is 65.4 Å². The van der Waals surface area contributed by atoms with Gasteiger partial charge in [-0.1, -0.05) is 43.3 Å². The lowest BCUT2D eigenvalue weighted by molar-refractivity contribution is 0.0934. The van der Waals surface area contributed by atoms with E-state index in [1.807, 2.05) is 38.1 Å². The van der Waals surface area contributed by atoms with Crippen molar-refractivity contribution in [1.82, 2.24) is 20.2 Å². The van der Waals surface area contributed by atoms with Crippen molar-refractivity contribution in [2.45, 2.75) is 45.8 Å². The number of hydrogen-bond acceptors (Lipinski definition) is 5. The molecule has 4 rings (SSSR count). The summed E-state index contributed by atoms with van der Waals surface area (Å²) in [5, 5.41) is 4.17. The molecule has 178 valence electrons. The Labute approximate surface area is 200 Å². The SMILES string of the molecule is CC[C@@H](C)NC(=O)c1coc(CN(CCc2c[nH]c3ccccc23)Cc2ccccc2OC)n1. The van der Waals surface area contributed by atoms with Gasteiger partial charge in [0.05, 0.1) is 13.7 Å². The number of rotatable bonds is 11. The van der Waals surface area contributed by atoms with E-state index in [1.54, 1.807) is 7.11 Å². The van der Waals surface area contributed by atoms with Gasteiger partial charge in [0.2, 0.25) is 5.89 Å². The first-order chi connectivity index (χ1) is 16.6. The Morgan fingerprint density at radius 1 is 1.15 bits per heavy atom. The van der Waals surface area contributed by atoms with Crippen molar-refractivity contribution in [3.05, 3.63) is 83.7 Å². The van der Waals surface area contributed by atoms with Gasteiger partial charge < -0.3 is 19.5 Å². The topological polar surface area (TPSA) is 83.4 Å². The number of benzene rings is 2. The minimum absolute atomic E-state index is 0.0888. The molecule has 0 aliphatic carbocycles. The Balaban J connectivity index is 1.51. The van der Waals surface area contributed by atoms with Crippen LogP contribution in [0.4, 0.5) is 0 Å². The molecule has 1 amide bonds. The smallest absolute Gasteiger partial charge is 0.273 e. The first-order valence-electron chi connectivity index (χ1n) is 11.7. The van der Waals surface area contributed by atoms with Gasteiger partial charge in [0, 0.05) is 41.8 Å². The Kier molecular flexibility index (Phi) is 7.65. The van der Waals surface area contributed by atoms with Gasteiger partial charge in [-0.05, 0) is 37.5 Å². The number of aromatic amines is 1. The average molecular weight is 461 g/mol. The highest BCUT2D eigenvalue weighted by molar-refractivity contribution is 5.92. The average Bonchev–Trinajstić information content (AvgIpc) is 3.50. The van der Waals surface area contributed by atoms with Crippen LogP contribution in [0.3, 0.4) is 0 Å². The van der Waals surface area contributed by atoms with Crippen LogP contribution in [0.2, 0.25) is 0 Å². The van der Waals surface area contributed by atoms with Crippen molar-refractivity contribution in [3.63, 3.8) is 0 Å². The first kappa shape index (κ1) is 23.6. The normalized spacial score (nSPS) is 12.2. The van der Waals surface area contributed by atoms with Gasteiger partial charge in [-0.2, -0.15) is 0 Å². The van der Waals surface area contributed by atoms with Crippen LogP contribution >= 0.6 is 0 Å². The number of H-pyrrole nitrogens is 1. The van der Waals surface area contributed by atoms with Crippen LogP contribution in [0.1, 0.15) is 47.8 Å². The second-order valence-corrected chi connectivity index (χ2v) is 8.54. The number of methoxy groups -OCH3 is 1. The number of carbonyl (C=O) groups excluding carboxylic acids is 1. The van der Waals surface area contributed by atoms with Gasteiger partial charge in [-0.15, -0.1) is 0 Å². The third kappa shape index (κ3) is 5.66. The van der Waals surface area contributed by atoms with Crippen LogP contribution in [0.25, 0.3) is 10.9 Å². The van der Waals surface area contributed by atoms with E-state index < -0.39 is 0 Å². The third-order valence-corrected chi connectivity index (χ3v) is 6.09. The minimum Gasteiger partial charge on any atom is -0.496 e. The van der Waals surface area contributed by atoms with E-state index in [2.05, 4.69) is 50.6 Å². The molecule has 0 spiro atoms. The monoisotopic (exact) mass is 460 g/mol. The fourth-order valence-electron chi connectivity index (χ4n) is 3.98. The number of fused-ring (bicyclic) bond motifs is 1. The fraction of sp³-hybridized carbons (Fsp3) is 0.333. The number of oxazole rings is 1. The molecule has 7 heteroatoms. The highest BCUT2D eigenvalue weighted by atomic mass is 16.5. The van der Waals surface area contributed by atoms with Gasteiger partial charge in [0.1, 0.15) is 12.0 Å². The van der Waals surface area contributed by atoms with Crippen LogP contribution in [0, 0.1) is 0 Å². The van der Waals surface area contributed by atoms with Crippen LogP contribution < -0.4 is 10.1 Å². The summed E-state index contributed by atoms with van der Waals surface area (Å²) in [7, 11) is 1.69. The highest BCUT2D eigenvalue weighted by Gasteiger charge is 2.18. The van der Waals surface area contributed by atoms with Crippen LogP contribution in [-0.4, -0.2) is 40.5 Å². The summed E-state index contributed by atoms with van der Waals surface area (Å²) in [4.78, 5) is 22.5. The van der Waals surface area contributed by atoms with Crippen LogP contribution in [0.5, 0.6) is 5.75 Å². The molecule has 0 bridgehead atoms. The number of amides is 1. The number of ether oxygens (including phenoxy) is 1. The molecule has 2 heterocycles. The number of aromatic nitrogens is 2. The fourth-order valence-corrected chi connectivity index (χ4v) is 3.98. The van der Waals surface area contributed by atoms with Crippen molar-refractivity contribution in [2.24, 2.45) is 0 Å². The molecule has 2 N–H and O–H groups in total. The van der Waals surface area contributed by atoms with Gasteiger partial charge >= 0.3 is 0 Å². The molecular weight excluding hydrogens is 428 g/mol. The molecule has 34 heavy (non-hydrogen) atoms. The van der Waals surface area contributed by atoms with Crippen molar-refractivity contribution in [1.29, 1.82) is 0 Å². The molecule has 2 aromatic carbocycles. The molecule has 4 aromatic rings. The Bertz CT molecular complexity index is 1230. The predicted octanol–water partition coefficient (Wildman–Crippen LogP) is 4.94. The number of nitrogens with one attached hydrogen (secondary N) is 2. The summed E-state index contributed by atoms with van der Waals surface area (Å²) < 4.78 is 11.2. The van der Waals surface area contributed by atoms with Gasteiger partial charge in [0.15, 0.2) is 5.69 Å². The summed E-state index contributed by atoms with van der Waals surface area (Å²) in [6, 6.07) is 16.4. The molecule has 0 aliphatic rings. The maximum Gasteiger partial charge on any atom is 0.273 e. The first-order valence-corrected chi connectivity index (χ1v) is 11.7. The maximum atomic E-state index is 12.4. The van der Waals surface area contributed by atoms with Gasteiger partial charge in [-0.3, -0.25) is 9.69 Å². The molecule has 7 nitrogen and oxygen atoms in total. The van der Waals surface area contributed by atoms with Crippen molar-refractivity contribution < 1.29 is 13.9 Å². The summed E-state index contributed by atoms with van der Waals surface area (Å²) in [5.74, 6) is 1.16. The zero-order valence-electron chi connectivity index (χ0n) is 20.0. The minimum atomic E-state index is -0.209. The molecule has 1 atom stereocenters. The molecule has 0 saturated heterocycles. The largest absolute Gasteiger partial charge is 0.496 e. The maximum absolute atomic E-state index is 12.4. The van der Waals surface area contributed by atoms with E-state index in [0.29, 0.717) is 24.7 Å². The van der Waals surface area contributed by atoms with E-state index in [1.165, 1.54) is 17.2 Å². The summed E-state index contributed by atoms with van der Waals surface area (Å²) in [6.45, 7) is 5.94. The van der Waals surface area contributed by atoms with E-state index in [0.717, 1.165) is 36.2 Å². The lowest BCUT2D eigenvalue weighted by Crippen LogP contribution is -2.32. The van der Waals surface area contributed by atoms with Gasteiger partial charge in [0.25, 0.3) is 5.91 Å². The van der Waals surface area contributed by atoms with Gasteiger partial charge in [-0.25, -0.2) is 4.98 Å². The second kappa shape index (κ2) is 11.0. The standard InChI is InChI=1S/C27H32N4O3/c1-4-19(2)29-27(32)24-18-34-26(30-24)17-31(16-21-9-5-8-12-25(21)33-3)14-13-20-15-28-23-11-7-6-10-22(20)23/h5-12,15,18-19,28H,4,13-14,16-17H2,1-3H3,(H,29,32)/t19-/m1/s1.